The van der Waals surface area contributed by atoms with E-state index < -0.39 is 0 Å². The molecule has 0 atom stereocenters. The third kappa shape index (κ3) is 2.58. The van der Waals surface area contributed by atoms with Crippen molar-refractivity contribution in [3.8, 4) is 0 Å². The molecule has 2 aromatic rings. The molecule has 16 heavy (non-hydrogen) atoms. The molecule has 1 aromatic heterocycles. The Labute approximate surface area is 98.2 Å². The molecule has 0 amide bonds. The van der Waals surface area contributed by atoms with Crippen molar-refractivity contribution in [2.45, 2.75) is 0 Å². The number of nitrogens with zero attached hydrogens (tertiary/aromatic N) is 1. The third-order valence-electron chi connectivity index (χ3n) is 2.13. The second kappa shape index (κ2) is 5.28. The van der Waals surface area contributed by atoms with Crippen molar-refractivity contribution in [3.63, 3.8) is 0 Å². The van der Waals surface area contributed by atoms with E-state index >= 15 is 0 Å². The molecule has 2 nitrogen and oxygen atoms in total. The minimum absolute atomic E-state index is 0.564. The van der Waals surface area contributed by atoms with Crippen molar-refractivity contribution < 1.29 is 5.21 Å². The highest BCUT2D eigenvalue weighted by molar-refractivity contribution is 7.10. The Kier molecular flexibility index (Phi) is 3.51. The van der Waals surface area contributed by atoms with E-state index in [1.807, 2.05) is 53.9 Å². The van der Waals surface area contributed by atoms with Gasteiger partial charge in [0.1, 0.15) is 5.71 Å². The molecule has 2 rings (SSSR count). The van der Waals surface area contributed by atoms with Gasteiger partial charge in [0.2, 0.25) is 0 Å². The lowest BCUT2D eigenvalue weighted by molar-refractivity contribution is 0.320. The molecule has 0 spiro atoms. The van der Waals surface area contributed by atoms with Crippen LogP contribution in [-0.2, 0) is 0 Å². The highest BCUT2D eigenvalue weighted by Crippen LogP contribution is 2.11. The van der Waals surface area contributed by atoms with Crippen molar-refractivity contribution >= 4 is 23.1 Å². The molecule has 1 heterocycles. The fourth-order valence-electron chi connectivity index (χ4n) is 1.34. The highest BCUT2D eigenvalue weighted by Gasteiger charge is 1.98. The van der Waals surface area contributed by atoms with Crippen molar-refractivity contribution in [3.05, 3.63) is 64.4 Å². The summed E-state index contributed by atoms with van der Waals surface area (Å²) in [6, 6.07) is 13.6. The van der Waals surface area contributed by atoms with Gasteiger partial charge in [-0.3, -0.25) is 0 Å². The topological polar surface area (TPSA) is 32.6 Å². The molecular formula is C13H11NOS. The van der Waals surface area contributed by atoms with Gasteiger partial charge >= 0.3 is 0 Å². The SMILES string of the molecule is ON=C(C=Cc1cccs1)c1ccccc1. The zero-order chi connectivity index (χ0) is 11.2. The molecule has 0 saturated carbocycles. The first kappa shape index (κ1) is 10.6. The third-order valence-corrected chi connectivity index (χ3v) is 2.96. The van der Waals surface area contributed by atoms with Crippen molar-refractivity contribution in [1.82, 2.24) is 0 Å². The maximum Gasteiger partial charge on any atom is 0.109 e. The summed E-state index contributed by atoms with van der Waals surface area (Å²) in [6.07, 6.45) is 3.74. The lowest BCUT2D eigenvalue weighted by Crippen LogP contribution is -1.95. The zero-order valence-corrected chi connectivity index (χ0v) is 9.39. The smallest absolute Gasteiger partial charge is 0.109 e. The summed E-state index contributed by atoms with van der Waals surface area (Å²) in [6.45, 7) is 0. The molecule has 1 aromatic carbocycles. The van der Waals surface area contributed by atoms with Crippen LogP contribution in [0.2, 0.25) is 0 Å². The fraction of sp³-hybridized carbons (Fsp3) is 0. The maximum absolute atomic E-state index is 8.95. The van der Waals surface area contributed by atoms with E-state index in [4.69, 9.17) is 5.21 Å². The zero-order valence-electron chi connectivity index (χ0n) is 8.58. The van der Waals surface area contributed by atoms with Crippen LogP contribution >= 0.6 is 11.3 Å². The van der Waals surface area contributed by atoms with Crippen LogP contribution in [0.15, 0.2) is 59.1 Å². The summed E-state index contributed by atoms with van der Waals surface area (Å²) in [7, 11) is 0. The molecule has 80 valence electrons. The summed E-state index contributed by atoms with van der Waals surface area (Å²) in [4.78, 5) is 1.14. The Bertz CT molecular complexity index is 486. The van der Waals surface area contributed by atoms with Gasteiger partial charge in [-0.1, -0.05) is 41.6 Å². The number of allylic oxidation sites excluding steroid dienone is 1. The first-order valence-electron chi connectivity index (χ1n) is 4.89. The number of benzene rings is 1. The largest absolute Gasteiger partial charge is 0.410 e. The van der Waals surface area contributed by atoms with Crippen LogP contribution in [0.25, 0.3) is 6.08 Å². The predicted molar refractivity (Wildman–Crippen MR) is 68.1 cm³/mol. The molecule has 0 saturated heterocycles. The maximum atomic E-state index is 8.95. The Morgan fingerprint density at radius 3 is 2.56 bits per heavy atom. The average molecular weight is 229 g/mol. The fourth-order valence-corrected chi connectivity index (χ4v) is 1.96. The van der Waals surface area contributed by atoms with Gasteiger partial charge in [0.25, 0.3) is 0 Å². The Hall–Kier alpha value is -1.87. The van der Waals surface area contributed by atoms with Crippen LogP contribution in [0, 0.1) is 0 Å². The van der Waals surface area contributed by atoms with Crippen molar-refractivity contribution in [1.29, 1.82) is 0 Å². The highest BCUT2D eigenvalue weighted by atomic mass is 32.1. The van der Waals surface area contributed by atoms with Crippen LogP contribution in [0.3, 0.4) is 0 Å². The lowest BCUT2D eigenvalue weighted by atomic mass is 10.1. The van der Waals surface area contributed by atoms with Crippen LogP contribution in [0.5, 0.6) is 0 Å². The summed E-state index contributed by atoms with van der Waals surface area (Å²) >= 11 is 1.65. The molecule has 3 heteroatoms. The van der Waals surface area contributed by atoms with Crippen molar-refractivity contribution in [2.24, 2.45) is 5.16 Å². The van der Waals surface area contributed by atoms with E-state index in [9.17, 15) is 0 Å². The molecule has 0 bridgehead atoms. The number of hydrogen-bond donors (Lipinski definition) is 1. The Morgan fingerprint density at radius 1 is 1.12 bits per heavy atom. The van der Waals surface area contributed by atoms with Gasteiger partial charge in [-0.2, -0.15) is 0 Å². The second-order valence-electron chi connectivity index (χ2n) is 3.20. The molecule has 0 aliphatic carbocycles. The molecule has 0 fully saturated rings. The molecule has 0 aliphatic heterocycles. The van der Waals surface area contributed by atoms with Gasteiger partial charge in [0, 0.05) is 10.4 Å². The van der Waals surface area contributed by atoms with Crippen LogP contribution in [0.1, 0.15) is 10.4 Å². The normalized spacial score (nSPS) is 12.1. The monoisotopic (exact) mass is 229 g/mol. The summed E-state index contributed by atoms with van der Waals surface area (Å²) in [5.74, 6) is 0. The Morgan fingerprint density at radius 2 is 1.94 bits per heavy atom. The van der Waals surface area contributed by atoms with E-state index in [-0.39, 0.29) is 0 Å². The summed E-state index contributed by atoms with van der Waals surface area (Å²) in [5.41, 5.74) is 1.46. The average Bonchev–Trinajstić information content (AvgIpc) is 2.84. The van der Waals surface area contributed by atoms with Gasteiger partial charge in [-0.25, -0.2) is 0 Å². The molecule has 0 aliphatic rings. The van der Waals surface area contributed by atoms with Gasteiger partial charge < -0.3 is 5.21 Å². The Balaban J connectivity index is 2.20. The standard InChI is InChI=1S/C13H11NOS/c15-14-13(11-5-2-1-3-6-11)9-8-12-7-4-10-16-12/h1-10,15H. The van der Waals surface area contributed by atoms with E-state index in [0.717, 1.165) is 10.4 Å². The van der Waals surface area contributed by atoms with E-state index in [1.54, 1.807) is 17.4 Å². The van der Waals surface area contributed by atoms with E-state index in [1.165, 1.54) is 0 Å². The molecule has 1 N–H and O–H groups in total. The lowest BCUT2D eigenvalue weighted by Gasteiger charge is -1.97. The van der Waals surface area contributed by atoms with Gasteiger partial charge in [0.15, 0.2) is 0 Å². The summed E-state index contributed by atoms with van der Waals surface area (Å²) < 4.78 is 0. The van der Waals surface area contributed by atoms with Crippen LogP contribution in [0.4, 0.5) is 0 Å². The van der Waals surface area contributed by atoms with Gasteiger partial charge in [-0.15, -0.1) is 11.3 Å². The molecule has 0 radical (unpaired) electrons. The van der Waals surface area contributed by atoms with Gasteiger partial charge in [0.05, 0.1) is 0 Å². The number of oxime groups is 1. The second-order valence-corrected chi connectivity index (χ2v) is 4.18. The minimum Gasteiger partial charge on any atom is -0.410 e. The molecular weight excluding hydrogens is 218 g/mol. The van der Waals surface area contributed by atoms with Crippen LogP contribution in [-0.4, -0.2) is 10.9 Å². The van der Waals surface area contributed by atoms with E-state index in [0.29, 0.717) is 5.71 Å². The summed E-state index contributed by atoms with van der Waals surface area (Å²) in [5, 5.41) is 14.3. The number of rotatable bonds is 3. The minimum atomic E-state index is 0.564. The number of thiophene rings is 1. The van der Waals surface area contributed by atoms with Gasteiger partial charge in [-0.05, 0) is 23.6 Å². The van der Waals surface area contributed by atoms with Crippen LogP contribution < -0.4 is 0 Å². The van der Waals surface area contributed by atoms with E-state index in [2.05, 4.69) is 5.16 Å². The molecule has 0 unspecified atom stereocenters. The van der Waals surface area contributed by atoms with Crippen molar-refractivity contribution in [2.75, 3.05) is 0 Å². The number of hydrogen-bond acceptors (Lipinski definition) is 3. The first-order valence-corrected chi connectivity index (χ1v) is 5.77. The first-order chi connectivity index (χ1) is 7.90. The predicted octanol–water partition coefficient (Wildman–Crippen LogP) is 3.64. The quantitative estimate of drug-likeness (QED) is 0.486.